The van der Waals surface area contributed by atoms with Gasteiger partial charge in [0.25, 0.3) is 0 Å². The van der Waals surface area contributed by atoms with Crippen molar-refractivity contribution in [3.05, 3.63) is 29.3 Å². The van der Waals surface area contributed by atoms with Gasteiger partial charge in [0.2, 0.25) is 0 Å². The molecule has 0 fully saturated rings. The van der Waals surface area contributed by atoms with Crippen molar-refractivity contribution in [1.29, 1.82) is 0 Å². The molecule has 0 amide bonds. The average molecular weight is 279 g/mol. The average Bonchev–Trinajstić information content (AvgIpc) is 2.39. The minimum Gasteiger partial charge on any atom is -0.496 e. The Kier molecular flexibility index (Phi) is 7.59. The van der Waals surface area contributed by atoms with Gasteiger partial charge in [0, 0.05) is 18.7 Å². The summed E-state index contributed by atoms with van der Waals surface area (Å²) in [5.41, 5.74) is 2.55. The number of ether oxygens (including phenoxy) is 1. The van der Waals surface area contributed by atoms with E-state index in [1.165, 1.54) is 17.5 Å². The standard InChI is InChI=1S/C16H29N3O/c1-17-12-14-7-8-16(20-5)15(11-14)13-19(4)10-6-9-18(2)3/h7-8,11,17H,6,9-10,12-13H2,1-5H3. The Balaban J connectivity index is 2.61. The van der Waals surface area contributed by atoms with Crippen LogP contribution in [0.2, 0.25) is 0 Å². The van der Waals surface area contributed by atoms with Gasteiger partial charge in [-0.25, -0.2) is 0 Å². The smallest absolute Gasteiger partial charge is 0.123 e. The van der Waals surface area contributed by atoms with E-state index in [1.54, 1.807) is 7.11 Å². The normalized spacial score (nSPS) is 11.3. The molecular weight excluding hydrogens is 250 g/mol. The molecule has 0 aliphatic rings. The highest BCUT2D eigenvalue weighted by Crippen LogP contribution is 2.21. The maximum Gasteiger partial charge on any atom is 0.123 e. The van der Waals surface area contributed by atoms with E-state index >= 15 is 0 Å². The van der Waals surface area contributed by atoms with E-state index in [9.17, 15) is 0 Å². The van der Waals surface area contributed by atoms with Gasteiger partial charge in [-0.2, -0.15) is 0 Å². The highest BCUT2D eigenvalue weighted by Gasteiger charge is 2.07. The molecule has 0 bridgehead atoms. The van der Waals surface area contributed by atoms with Crippen molar-refractivity contribution in [3.8, 4) is 5.75 Å². The molecule has 1 aromatic rings. The lowest BCUT2D eigenvalue weighted by Gasteiger charge is -2.20. The zero-order chi connectivity index (χ0) is 15.0. The molecule has 0 atom stereocenters. The molecular formula is C16H29N3O. The van der Waals surface area contributed by atoms with Crippen LogP contribution in [0.5, 0.6) is 5.75 Å². The molecule has 4 nitrogen and oxygen atoms in total. The fourth-order valence-electron chi connectivity index (χ4n) is 2.30. The van der Waals surface area contributed by atoms with Crippen molar-refractivity contribution < 1.29 is 4.74 Å². The fraction of sp³-hybridized carbons (Fsp3) is 0.625. The minimum absolute atomic E-state index is 0.890. The van der Waals surface area contributed by atoms with Gasteiger partial charge < -0.3 is 19.9 Å². The first kappa shape index (κ1) is 17.0. The van der Waals surface area contributed by atoms with E-state index in [0.29, 0.717) is 0 Å². The maximum absolute atomic E-state index is 5.47. The van der Waals surface area contributed by atoms with Crippen molar-refractivity contribution in [2.45, 2.75) is 19.5 Å². The third kappa shape index (κ3) is 5.90. The van der Waals surface area contributed by atoms with Gasteiger partial charge in [-0.3, -0.25) is 0 Å². The summed E-state index contributed by atoms with van der Waals surface area (Å²) in [7, 11) is 10.1. The molecule has 1 aromatic carbocycles. The highest BCUT2D eigenvalue weighted by atomic mass is 16.5. The summed E-state index contributed by atoms with van der Waals surface area (Å²) in [6.45, 7) is 4.04. The Labute approximate surface area is 123 Å². The van der Waals surface area contributed by atoms with E-state index in [4.69, 9.17) is 4.74 Å². The Morgan fingerprint density at radius 3 is 2.50 bits per heavy atom. The lowest BCUT2D eigenvalue weighted by molar-refractivity contribution is 0.289. The van der Waals surface area contributed by atoms with E-state index in [1.807, 2.05) is 7.05 Å². The van der Waals surface area contributed by atoms with Gasteiger partial charge in [0.05, 0.1) is 7.11 Å². The first-order valence-corrected chi connectivity index (χ1v) is 7.20. The largest absolute Gasteiger partial charge is 0.496 e. The van der Waals surface area contributed by atoms with Crippen LogP contribution < -0.4 is 10.1 Å². The van der Waals surface area contributed by atoms with Gasteiger partial charge in [-0.15, -0.1) is 0 Å². The molecule has 1 rings (SSSR count). The molecule has 0 heterocycles. The third-order valence-corrected chi connectivity index (χ3v) is 3.31. The second-order valence-electron chi connectivity index (χ2n) is 5.57. The van der Waals surface area contributed by atoms with Crippen LogP contribution in [0.15, 0.2) is 18.2 Å². The zero-order valence-electron chi connectivity index (χ0n) is 13.6. The molecule has 0 aliphatic heterocycles. The predicted molar refractivity (Wildman–Crippen MR) is 85.3 cm³/mol. The number of benzene rings is 1. The number of methoxy groups -OCH3 is 1. The van der Waals surface area contributed by atoms with Gasteiger partial charge in [0.1, 0.15) is 5.75 Å². The Morgan fingerprint density at radius 2 is 1.90 bits per heavy atom. The van der Waals surface area contributed by atoms with Crippen LogP contribution in [0.3, 0.4) is 0 Å². The first-order chi connectivity index (χ1) is 9.56. The zero-order valence-corrected chi connectivity index (χ0v) is 13.6. The summed E-state index contributed by atoms with van der Waals surface area (Å²) in [5, 5.41) is 3.19. The van der Waals surface area contributed by atoms with E-state index in [0.717, 1.165) is 31.9 Å². The molecule has 0 spiro atoms. The van der Waals surface area contributed by atoms with Crippen molar-refractivity contribution in [1.82, 2.24) is 15.1 Å². The molecule has 0 unspecified atom stereocenters. The summed E-state index contributed by atoms with van der Waals surface area (Å²) in [4.78, 5) is 4.58. The van der Waals surface area contributed by atoms with Gasteiger partial charge >= 0.3 is 0 Å². The summed E-state index contributed by atoms with van der Waals surface area (Å²) < 4.78 is 5.47. The van der Waals surface area contributed by atoms with Crippen LogP contribution in [-0.2, 0) is 13.1 Å². The van der Waals surface area contributed by atoms with Crippen molar-refractivity contribution in [2.75, 3.05) is 48.4 Å². The van der Waals surface area contributed by atoms with Gasteiger partial charge in [0.15, 0.2) is 0 Å². The molecule has 0 saturated heterocycles. The number of nitrogens with one attached hydrogen (secondary N) is 1. The highest BCUT2D eigenvalue weighted by molar-refractivity contribution is 5.37. The SMILES string of the molecule is CNCc1ccc(OC)c(CN(C)CCCN(C)C)c1. The van der Waals surface area contributed by atoms with Crippen molar-refractivity contribution in [3.63, 3.8) is 0 Å². The number of nitrogens with zero attached hydrogens (tertiary/aromatic N) is 2. The number of hydrogen-bond donors (Lipinski definition) is 1. The minimum atomic E-state index is 0.890. The van der Waals surface area contributed by atoms with Gasteiger partial charge in [-0.1, -0.05) is 6.07 Å². The Bertz CT molecular complexity index is 393. The molecule has 0 saturated carbocycles. The molecule has 114 valence electrons. The van der Waals surface area contributed by atoms with Crippen molar-refractivity contribution in [2.24, 2.45) is 0 Å². The molecule has 4 heteroatoms. The number of rotatable bonds is 9. The van der Waals surface area contributed by atoms with Gasteiger partial charge in [-0.05, 0) is 65.4 Å². The Hall–Kier alpha value is -1.10. The molecule has 0 radical (unpaired) electrons. The summed E-state index contributed by atoms with van der Waals surface area (Å²) in [6, 6.07) is 6.42. The van der Waals surface area contributed by atoms with E-state index in [2.05, 4.69) is 54.5 Å². The summed E-state index contributed by atoms with van der Waals surface area (Å²) in [5.74, 6) is 0.976. The quantitative estimate of drug-likeness (QED) is 0.746. The first-order valence-electron chi connectivity index (χ1n) is 7.20. The fourth-order valence-corrected chi connectivity index (χ4v) is 2.30. The van der Waals surface area contributed by atoms with Crippen molar-refractivity contribution >= 4 is 0 Å². The lowest BCUT2D eigenvalue weighted by atomic mass is 10.1. The van der Waals surface area contributed by atoms with E-state index < -0.39 is 0 Å². The molecule has 0 aliphatic carbocycles. The molecule has 1 N–H and O–H groups in total. The summed E-state index contributed by atoms with van der Waals surface area (Å²) in [6.07, 6.45) is 1.18. The molecule has 20 heavy (non-hydrogen) atoms. The van der Waals surface area contributed by atoms with Crippen LogP contribution in [0.4, 0.5) is 0 Å². The van der Waals surface area contributed by atoms with E-state index in [-0.39, 0.29) is 0 Å². The number of hydrogen-bond acceptors (Lipinski definition) is 4. The predicted octanol–water partition coefficient (Wildman–Crippen LogP) is 1.80. The molecule has 0 aromatic heterocycles. The second kappa shape index (κ2) is 8.95. The Morgan fingerprint density at radius 1 is 1.15 bits per heavy atom. The second-order valence-corrected chi connectivity index (χ2v) is 5.57. The maximum atomic E-state index is 5.47. The van der Waals surface area contributed by atoms with Crippen LogP contribution in [0.25, 0.3) is 0 Å². The van der Waals surface area contributed by atoms with Crippen LogP contribution in [0, 0.1) is 0 Å². The lowest BCUT2D eigenvalue weighted by Crippen LogP contribution is -2.23. The van der Waals surface area contributed by atoms with Crippen LogP contribution >= 0.6 is 0 Å². The third-order valence-electron chi connectivity index (χ3n) is 3.31. The summed E-state index contributed by atoms with van der Waals surface area (Å²) >= 11 is 0. The van der Waals surface area contributed by atoms with Crippen LogP contribution in [-0.4, -0.2) is 58.2 Å². The monoisotopic (exact) mass is 279 g/mol. The van der Waals surface area contributed by atoms with Crippen LogP contribution in [0.1, 0.15) is 17.5 Å². The topological polar surface area (TPSA) is 27.7 Å².